The number of halogens is 3. The van der Waals surface area contributed by atoms with E-state index in [9.17, 15) is 4.79 Å². The smallest absolute Gasteiger partial charge is 0.277 e. The molecule has 1 heterocycles. The summed E-state index contributed by atoms with van der Waals surface area (Å²) in [6.45, 7) is 1.81. The van der Waals surface area contributed by atoms with Gasteiger partial charge in [0.05, 0.1) is 15.2 Å². The lowest BCUT2D eigenvalue weighted by Gasteiger charge is -2.10. The Kier molecular flexibility index (Phi) is 6.22. The number of benzene rings is 1. The van der Waals surface area contributed by atoms with E-state index < -0.39 is 0 Å². The van der Waals surface area contributed by atoms with Crippen molar-refractivity contribution in [1.29, 1.82) is 0 Å². The van der Waals surface area contributed by atoms with Crippen molar-refractivity contribution in [3.63, 3.8) is 0 Å². The SMILES string of the molecule is Cc1cc(Br)c(OCC(=O)N/N=C\c2ccc(Br)o2)c(Br)c1. The van der Waals surface area contributed by atoms with Crippen molar-refractivity contribution in [1.82, 2.24) is 5.43 Å². The Balaban J connectivity index is 1.87. The first-order valence-corrected chi connectivity index (χ1v) is 8.49. The molecule has 0 radical (unpaired) electrons. The topological polar surface area (TPSA) is 63.8 Å². The van der Waals surface area contributed by atoms with Crippen molar-refractivity contribution >= 4 is 59.9 Å². The van der Waals surface area contributed by atoms with Gasteiger partial charge < -0.3 is 9.15 Å². The van der Waals surface area contributed by atoms with Crippen LogP contribution in [0.4, 0.5) is 0 Å². The van der Waals surface area contributed by atoms with Gasteiger partial charge >= 0.3 is 0 Å². The summed E-state index contributed by atoms with van der Waals surface area (Å²) in [6, 6.07) is 7.27. The number of aryl methyl sites for hydroxylation is 1. The third kappa shape index (κ3) is 4.96. The molecule has 22 heavy (non-hydrogen) atoms. The summed E-state index contributed by atoms with van der Waals surface area (Å²) in [5, 5.41) is 3.78. The van der Waals surface area contributed by atoms with Gasteiger partial charge in [0.15, 0.2) is 11.3 Å². The summed E-state index contributed by atoms with van der Waals surface area (Å²) in [5.74, 6) is 0.720. The van der Waals surface area contributed by atoms with E-state index in [-0.39, 0.29) is 12.5 Å². The van der Waals surface area contributed by atoms with Crippen LogP contribution in [0.5, 0.6) is 5.75 Å². The van der Waals surface area contributed by atoms with Crippen molar-refractivity contribution in [2.45, 2.75) is 6.92 Å². The molecular formula is C14H11Br3N2O3. The van der Waals surface area contributed by atoms with Gasteiger partial charge in [-0.2, -0.15) is 5.10 Å². The summed E-state index contributed by atoms with van der Waals surface area (Å²) in [6.07, 6.45) is 1.40. The van der Waals surface area contributed by atoms with Crippen LogP contribution >= 0.6 is 47.8 Å². The minimum Gasteiger partial charge on any atom is -0.481 e. The number of amides is 1. The predicted octanol–water partition coefficient (Wildman–Crippen LogP) is 4.40. The van der Waals surface area contributed by atoms with Crippen molar-refractivity contribution in [2.75, 3.05) is 6.61 Å². The molecule has 1 amide bonds. The zero-order valence-corrected chi connectivity index (χ0v) is 16.2. The number of nitrogens with zero attached hydrogens (tertiary/aromatic N) is 1. The summed E-state index contributed by atoms with van der Waals surface area (Å²) < 4.78 is 12.8. The van der Waals surface area contributed by atoms with E-state index >= 15 is 0 Å². The Morgan fingerprint density at radius 2 is 2.00 bits per heavy atom. The highest BCUT2D eigenvalue weighted by Crippen LogP contribution is 2.34. The summed E-state index contributed by atoms with van der Waals surface area (Å²) in [7, 11) is 0. The van der Waals surface area contributed by atoms with E-state index in [1.807, 2.05) is 19.1 Å². The maximum Gasteiger partial charge on any atom is 0.277 e. The number of hydrogen-bond donors (Lipinski definition) is 1. The molecule has 0 aliphatic carbocycles. The molecule has 0 aliphatic heterocycles. The van der Waals surface area contributed by atoms with Gasteiger partial charge in [-0.05, 0) is 84.5 Å². The Hall–Kier alpha value is -1.12. The van der Waals surface area contributed by atoms with Crippen LogP contribution < -0.4 is 10.2 Å². The summed E-state index contributed by atoms with van der Waals surface area (Å²) >= 11 is 9.98. The minimum absolute atomic E-state index is 0.153. The van der Waals surface area contributed by atoms with Crippen LogP contribution in [0.15, 0.2) is 47.4 Å². The molecule has 0 unspecified atom stereocenters. The lowest BCUT2D eigenvalue weighted by Crippen LogP contribution is -2.24. The van der Waals surface area contributed by atoms with E-state index in [1.165, 1.54) is 6.21 Å². The van der Waals surface area contributed by atoms with Crippen LogP contribution in [0, 0.1) is 6.92 Å². The van der Waals surface area contributed by atoms with Gasteiger partial charge in [-0.25, -0.2) is 5.43 Å². The van der Waals surface area contributed by atoms with Crippen LogP contribution in [0.2, 0.25) is 0 Å². The first kappa shape index (κ1) is 17.2. The Labute approximate surface area is 152 Å². The molecular weight excluding hydrogens is 484 g/mol. The molecule has 1 N–H and O–H groups in total. The average Bonchev–Trinajstić information content (AvgIpc) is 2.83. The quantitative estimate of drug-likeness (QED) is 0.495. The number of carbonyl (C=O) groups is 1. The zero-order chi connectivity index (χ0) is 16.1. The molecule has 5 nitrogen and oxygen atoms in total. The number of furan rings is 1. The van der Waals surface area contributed by atoms with Crippen molar-refractivity contribution in [3.8, 4) is 5.75 Å². The predicted molar refractivity (Wildman–Crippen MR) is 94.2 cm³/mol. The molecule has 0 spiro atoms. The number of nitrogens with one attached hydrogen (secondary N) is 1. The first-order valence-electron chi connectivity index (χ1n) is 6.11. The van der Waals surface area contributed by atoms with Crippen molar-refractivity contribution < 1.29 is 13.9 Å². The highest BCUT2D eigenvalue weighted by Gasteiger charge is 2.10. The summed E-state index contributed by atoms with van der Waals surface area (Å²) in [4.78, 5) is 11.7. The third-order valence-corrected chi connectivity index (χ3v) is 4.07. The summed E-state index contributed by atoms with van der Waals surface area (Å²) in [5.41, 5.74) is 3.43. The molecule has 2 aromatic rings. The van der Waals surface area contributed by atoms with E-state index in [0.717, 1.165) is 14.5 Å². The molecule has 116 valence electrons. The number of ether oxygens (including phenoxy) is 1. The normalized spacial score (nSPS) is 10.9. The second-order valence-electron chi connectivity index (χ2n) is 4.28. The Morgan fingerprint density at radius 3 is 2.59 bits per heavy atom. The van der Waals surface area contributed by atoms with Gasteiger partial charge in [0.1, 0.15) is 11.5 Å². The second kappa shape index (κ2) is 7.94. The molecule has 0 bridgehead atoms. The zero-order valence-electron chi connectivity index (χ0n) is 11.4. The number of carbonyl (C=O) groups excluding carboxylic acids is 1. The van der Waals surface area contributed by atoms with Gasteiger partial charge in [0.2, 0.25) is 0 Å². The minimum atomic E-state index is -0.374. The molecule has 0 aliphatic rings. The number of hydrazone groups is 1. The van der Waals surface area contributed by atoms with E-state index in [4.69, 9.17) is 9.15 Å². The molecule has 1 aromatic heterocycles. The Bertz CT molecular complexity index is 690. The fraction of sp³-hybridized carbons (Fsp3) is 0.143. The van der Waals surface area contributed by atoms with Crippen LogP contribution in [0.3, 0.4) is 0 Å². The van der Waals surface area contributed by atoms with E-state index in [2.05, 4.69) is 58.3 Å². The standard InChI is InChI=1S/C14H11Br3N2O3/c1-8-4-10(15)14(11(16)5-8)21-7-13(20)19-18-6-9-2-3-12(17)22-9/h2-6H,7H2,1H3,(H,19,20)/b18-6-. The number of hydrogen-bond acceptors (Lipinski definition) is 4. The molecule has 0 fully saturated rings. The number of rotatable bonds is 5. The van der Waals surface area contributed by atoms with Crippen LogP contribution in [-0.4, -0.2) is 18.7 Å². The molecule has 8 heteroatoms. The molecule has 2 rings (SSSR count). The lowest BCUT2D eigenvalue weighted by molar-refractivity contribution is -0.123. The van der Waals surface area contributed by atoms with E-state index in [0.29, 0.717) is 16.2 Å². The van der Waals surface area contributed by atoms with Gasteiger partial charge in [-0.3, -0.25) is 4.79 Å². The second-order valence-corrected chi connectivity index (χ2v) is 6.77. The largest absolute Gasteiger partial charge is 0.481 e. The van der Waals surface area contributed by atoms with Crippen molar-refractivity contribution in [3.05, 3.63) is 49.2 Å². The van der Waals surface area contributed by atoms with Gasteiger partial charge in [0, 0.05) is 0 Å². The first-order chi connectivity index (χ1) is 10.5. The monoisotopic (exact) mass is 492 g/mol. The van der Waals surface area contributed by atoms with Gasteiger partial charge in [0.25, 0.3) is 5.91 Å². The van der Waals surface area contributed by atoms with Crippen LogP contribution in [0.1, 0.15) is 11.3 Å². The lowest BCUT2D eigenvalue weighted by atomic mass is 10.2. The fourth-order valence-electron chi connectivity index (χ4n) is 1.56. The molecule has 0 atom stereocenters. The maximum absolute atomic E-state index is 11.7. The average molecular weight is 495 g/mol. The van der Waals surface area contributed by atoms with Crippen LogP contribution in [-0.2, 0) is 4.79 Å². The Morgan fingerprint density at radius 1 is 1.32 bits per heavy atom. The molecule has 0 saturated heterocycles. The van der Waals surface area contributed by atoms with Crippen LogP contribution in [0.25, 0.3) is 0 Å². The van der Waals surface area contributed by atoms with E-state index in [1.54, 1.807) is 12.1 Å². The van der Waals surface area contributed by atoms with Gasteiger partial charge in [-0.1, -0.05) is 0 Å². The maximum atomic E-state index is 11.7. The highest BCUT2D eigenvalue weighted by atomic mass is 79.9. The molecule has 0 saturated carbocycles. The fourth-order valence-corrected chi connectivity index (χ4v) is 3.52. The van der Waals surface area contributed by atoms with Crippen molar-refractivity contribution in [2.24, 2.45) is 5.10 Å². The highest BCUT2D eigenvalue weighted by molar-refractivity contribution is 9.11. The molecule has 1 aromatic carbocycles. The third-order valence-electron chi connectivity index (χ3n) is 2.47. The van der Waals surface area contributed by atoms with Gasteiger partial charge in [-0.15, -0.1) is 0 Å².